The number of rotatable bonds is 2. The Bertz CT molecular complexity index is 499. The molecular weight excluding hydrogens is 194 g/mol. The minimum Gasteiger partial charge on any atom is -0.298 e. The Morgan fingerprint density at radius 1 is 1.43 bits per heavy atom. The molecule has 0 saturated heterocycles. The van der Waals surface area contributed by atoms with Gasteiger partial charge in [-0.15, -0.1) is 11.3 Å². The Kier molecular flexibility index (Phi) is 1.67. The molecule has 1 aliphatic carbocycles. The molecule has 0 N–H and O–H groups in total. The van der Waals surface area contributed by atoms with Crippen LogP contribution >= 0.6 is 11.3 Å². The lowest BCUT2D eigenvalue weighted by Crippen LogP contribution is -1.82. The van der Waals surface area contributed by atoms with Crippen molar-refractivity contribution in [2.24, 2.45) is 0 Å². The lowest BCUT2D eigenvalue weighted by atomic mass is 10.2. The van der Waals surface area contributed by atoms with Gasteiger partial charge in [0.1, 0.15) is 0 Å². The van der Waals surface area contributed by atoms with Gasteiger partial charge < -0.3 is 0 Å². The van der Waals surface area contributed by atoms with E-state index in [4.69, 9.17) is 0 Å². The van der Waals surface area contributed by atoms with Gasteiger partial charge in [-0.25, -0.2) is 4.98 Å². The summed E-state index contributed by atoms with van der Waals surface area (Å²) in [5.41, 5.74) is 1.60. The van der Waals surface area contributed by atoms with Crippen molar-refractivity contribution in [1.82, 2.24) is 4.98 Å². The lowest BCUT2D eigenvalue weighted by Gasteiger charge is -1.89. The first-order valence-corrected chi connectivity index (χ1v) is 5.55. The maximum Gasteiger partial charge on any atom is 0.152 e. The van der Waals surface area contributed by atoms with Crippen molar-refractivity contribution >= 4 is 27.8 Å². The van der Waals surface area contributed by atoms with E-state index in [0.717, 1.165) is 16.5 Å². The fourth-order valence-electron chi connectivity index (χ4n) is 1.59. The second-order valence-corrected chi connectivity index (χ2v) is 4.70. The van der Waals surface area contributed by atoms with Crippen LogP contribution in [0.15, 0.2) is 18.2 Å². The van der Waals surface area contributed by atoms with Gasteiger partial charge in [-0.05, 0) is 25.0 Å². The van der Waals surface area contributed by atoms with E-state index in [-0.39, 0.29) is 0 Å². The summed E-state index contributed by atoms with van der Waals surface area (Å²) in [5.74, 6) is 0.673. The van der Waals surface area contributed by atoms with Crippen molar-refractivity contribution in [3.8, 4) is 0 Å². The van der Waals surface area contributed by atoms with Crippen LogP contribution in [0.1, 0.15) is 34.1 Å². The highest BCUT2D eigenvalue weighted by Gasteiger charge is 2.27. The summed E-state index contributed by atoms with van der Waals surface area (Å²) in [6.45, 7) is 0. The summed E-state index contributed by atoms with van der Waals surface area (Å²) in [6, 6.07) is 5.78. The fraction of sp³-hybridized carbons (Fsp3) is 0.273. The predicted octanol–water partition coefficient (Wildman–Crippen LogP) is 2.99. The van der Waals surface area contributed by atoms with E-state index in [2.05, 4.69) is 4.98 Å². The average molecular weight is 203 g/mol. The molecule has 14 heavy (non-hydrogen) atoms. The van der Waals surface area contributed by atoms with Crippen LogP contribution < -0.4 is 0 Å². The maximum absolute atomic E-state index is 10.8. The second kappa shape index (κ2) is 2.89. The molecule has 0 unspecified atom stereocenters. The van der Waals surface area contributed by atoms with Crippen molar-refractivity contribution in [3.63, 3.8) is 0 Å². The molecule has 2 aromatic rings. The van der Waals surface area contributed by atoms with Crippen LogP contribution in [0.4, 0.5) is 0 Å². The normalized spacial score (nSPS) is 16.0. The van der Waals surface area contributed by atoms with Crippen molar-refractivity contribution in [2.75, 3.05) is 0 Å². The summed E-state index contributed by atoms with van der Waals surface area (Å²) in [7, 11) is 0. The van der Waals surface area contributed by atoms with Gasteiger partial charge in [0.2, 0.25) is 0 Å². The number of para-hydroxylation sites is 1. The number of hydrogen-bond acceptors (Lipinski definition) is 3. The number of hydrogen-bond donors (Lipinski definition) is 0. The molecule has 1 saturated carbocycles. The molecule has 1 fully saturated rings. The number of nitrogens with zero attached hydrogens (tertiary/aromatic N) is 1. The van der Waals surface area contributed by atoms with Gasteiger partial charge in [-0.1, -0.05) is 6.07 Å². The monoisotopic (exact) mass is 203 g/mol. The molecule has 3 heteroatoms. The molecule has 0 spiro atoms. The predicted molar refractivity (Wildman–Crippen MR) is 57.0 cm³/mol. The number of thiazole rings is 1. The van der Waals surface area contributed by atoms with Crippen LogP contribution in [-0.2, 0) is 0 Å². The van der Waals surface area contributed by atoms with E-state index in [9.17, 15) is 4.79 Å². The maximum atomic E-state index is 10.8. The van der Waals surface area contributed by atoms with Crippen LogP contribution in [0.2, 0.25) is 0 Å². The zero-order chi connectivity index (χ0) is 9.54. The number of benzene rings is 1. The van der Waals surface area contributed by atoms with E-state index in [0.29, 0.717) is 11.5 Å². The van der Waals surface area contributed by atoms with Gasteiger partial charge in [0.15, 0.2) is 6.29 Å². The van der Waals surface area contributed by atoms with E-state index in [1.807, 2.05) is 18.2 Å². The molecule has 1 aliphatic rings. The van der Waals surface area contributed by atoms with E-state index >= 15 is 0 Å². The molecule has 1 heterocycles. The molecule has 70 valence electrons. The summed E-state index contributed by atoms with van der Waals surface area (Å²) in [6.07, 6.45) is 3.41. The van der Waals surface area contributed by atoms with Gasteiger partial charge in [0, 0.05) is 11.5 Å². The van der Waals surface area contributed by atoms with Crippen LogP contribution in [0.25, 0.3) is 10.2 Å². The Labute approximate surface area is 85.6 Å². The van der Waals surface area contributed by atoms with Crippen molar-refractivity contribution < 1.29 is 4.79 Å². The van der Waals surface area contributed by atoms with Crippen molar-refractivity contribution in [1.29, 1.82) is 0 Å². The largest absolute Gasteiger partial charge is 0.298 e. The molecule has 0 bridgehead atoms. The SMILES string of the molecule is O=Cc1cccc2sc(C3CC3)nc12. The summed E-state index contributed by atoms with van der Waals surface area (Å²) < 4.78 is 1.14. The number of aldehydes is 1. The molecule has 3 rings (SSSR count). The van der Waals surface area contributed by atoms with Gasteiger partial charge in [0.05, 0.1) is 15.2 Å². The molecule has 0 amide bonds. The molecule has 0 atom stereocenters. The molecular formula is C11H9NOS. The first kappa shape index (κ1) is 8.12. The van der Waals surface area contributed by atoms with Crippen LogP contribution in [0, 0.1) is 0 Å². The van der Waals surface area contributed by atoms with Gasteiger partial charge in [-0.2, -0.15) is 0 Å². The van der Waals surface area contributed by atoms with E-state index < -0.39 is 0 Å². The zero-order valence-electron chi connectivity index (χ0n) is 7.56. The number of carbonyl (C=O) groups excluding carboxylic acids is 1. The van der Waals surface area contributed by atoms with Gasteiger partial charge in [-0.3, -0.25) is 4.79 Å². The highest BCUT2D eigenvalue weighted by atomic mass is 32.1. The molecule has 1 aromatic heterocycles. The summed E-state index contributed by atoms with van der Waals surface area (Å²) in [5, 5.41) is 1.20. The molecule has 0 aliphatic heterocycles. The first-order chi connectivity index (χ1) is 6.88. The first-order valence-electron chi connectivity index (χ1n) is 4.73. The molecule has 2 nitrogen and oxygen atoms in total. The van der Waals surface area contributed by atoms with Crippen LogP contribution in [0.3, 0.4) is 0 Å². The van der Waals surface area contributed by atoms with Crippen LogP contribution in [0.5, 0.6) is 0 Å². The third kappa shape index (κ3) is 1.16. The smallest absolute Gasteiger partial charge is 0.152 e. The molecule has 1 aromatic carbocycles. The van der Waals surface area contributed by atoms with E-state index in [1.165, 1.54) is 17.8 Å². The average Bonchev–Trinajstić information content (AvgIpc) is 2.97. The highest BCUT2D eigenvalue weighted by molar-refractivity contribution is 7.18. The van der Waals surface area contributed by atoms with Gasteiger partial charge in [0.25, 0.3) is 0 Å². The number of aromatic nitrogens is 1. The number of carbonyl (C=O) groups is 1. The fourth-order valence-corrected chi connectivity index (χ4v) is 2.76. The summed E-state index contributed by atoms with van der Waals surface area (Å²) in [4.78, 5) is 15.3. The minimum atomic E-state index is 0.673. The Morgan fingerprint density at radius 2 is 2.29 bits per heavy atom. The lowest BCUT2D eigenvalue weighted by molar-refractivity contribution is 0.112. The third-order valence-corrected chi connectivity index (χ3v) is 3.70. The Hall–Kier alpha value is -1.22. The van der Waals surface area contributed by atoms with Crippen LogP contribution in [-0.4, -0.2) is 11.3 Å². The second-order valence-electron chi connectivity index (χ2n) is 3.64. The Balaban J connectivity index is 2.25. The zero-order valence-corrected chi connectivity index (χ0v) is 8.38. The third-order valence-electron chi connectivity index (χ3n) is 2.52. The topological polar surface area (TPSA) is 30.0 Å². The van der Waals surface area contributed by atoms with Crippen molar-refractivity contribution in [3.05, 3.63) is 28.8 Å². The Morgan fingerprint density at radius 3 is 3.00 bits per heavy atom. The summed E-state index contributed by atoms with van der Waals surface area (Å²) >= 11 is 1.73. The minimum absolute atomic E-state index is 0.673. The molecule has 0 radical (unpaired) electrons. The number of fused-ring (bicyclic) bond motifs is 1. The van der Waals surface area contributed by atoms with Crippen molar-refractivity contribution in [2.45, 2.75) is 18.8 Å². The van der Waals surface area contributed by atoms with E-state index in [1.54, 1.807) is 11.3 Å². The highest BCUT2D eigenvalue weighted by Crippen LogP contribution is 2.43. The van der Waals surface area contributed by atoms with Gasteiger partial charge >= 0.3 is 0 Å². The standard InChI is InChI=1S/C11H9NOS/c13-6-8-2-1-3-9-10(8)12-11(14-9)7-4-5-7/h1-3,6-7H,4-5H2. The quantitative estimate of drug-likeness (QED) is 0.702.